The van der Waals surface area contributed by atoms with E-state index in [4.69, 9.17) is 61.6 Å². The molecule has 30 atom stereocenters. The van der Waals surface area contributed by atoms with Crippen molar-refractivity contribution in [2.24, 2.45) is 22.7 Å². The molecule has 8 fully saturated rings. The van der Waals surface area contributed by atoms with E-state index in [1.54, 1.807) is 35.0 Å². The predicted molar refractivity (Wildman–Crippen MR) is 264 cm³/mol. The molecule has 5 heterocycles. The summed E-state index contributed by atoms with van der Waals surface area (Å²) in [7, 11) is 4.69. The van der Waals surface area contributed by atoms with E-state index < -0.39 is 182 Å². The first kappa shape index (κ1) is 60.1. The fourth-order valence-electron chi connectivity index (χ4n) is 15.3. The van der Waals surface area contributed by atoms with Gasteiger partial charge < -0.3 is 108 Å². The van der Waals surface area contributed by atoms with Gasteiger partial charge in [0.25, 0.3) is 0 Å². The molecule has 5 aliphatic heterocycles. The predicted octanol–water partition coefficient (Wildman–Crippen LogP) is -0.00280. The Morgan fingerprint density at radius 2 is 1.12 bits per heavy atom. The number of methoxy groups -OCH3 is 3. The molecule has 0 amide bonds. The molecule has 77 heavy (non-hydrogen) atoms. The fraction of sp³-hybridized carbons (Fsp3) is 0.944. The molecular weight excluding hydrogens is 1020 g/mol. The molecule has 4 aliphatic carbocycles. The molecule has 5 saturated heterocycles. The van der Waals surface area contributed by atoms with Crippen LogP contribution in [0.4, 0.5) is 0 Å². The van der Waals surface area contributed by atoms with Gasteiger partial charge in [-0.05, 0) is 78.6 Å². The number of ether oxygens (including phenoxy) is 13. The second-order valence-electron chi connectivity index (χ2n) is 24.1. The molecule has 0 aromatic heterocycles. The van der Waals surface area contributed by atoms with E-state index in [0.717, 1.165) is 5.57 Å². The lowest BCUT2D eigenvalue weighted by molar-refractivity contribution is -0.358. The lowest BCUT2D eigenvalue weighted by Crippen LogP contribution is -2.78. The highest BCUT2D eigenvalue weighted by atomic mass is 16.8. The number of carbonyl (C=O) groups is 1. The Morgan fingerprint density at radius 3 is 1.62 bits per heavy atom. The number of carbonyl (C=O) groups excluding carboxylic acids is 1. The molecule has 442 valence electrons. The zero-order valence-corrected chi connectivity index (χ0v) is 46.1. The van der Waals surface area contributed by atoms with Crippen LogP contribution in [0.2, 0.25) is 0 Å². The first-order valence-electron chi connectivity index (χ1n) is 27.8. The van der Waals surface area contributed by atoms with E-state index in [-0.39, 0.29) is 44.0 Å². The average molecular weight is 1110 g/mol. The third-order valence-corrected chi connectivity index (χ3v) is 19.8. The standard InChI is InChI=1S/C54H88O23/c1-23(56)30-16-38(59)54(64)52(30,7)37(58)21-36-51(6)13-12-29(15-28(51)11-14-53(36,54)63)72-40-18-32(65-8)48(25(3)69-40)76-42-19-33(66-9)47(26(4)70-42)75-39-17-31(57)46(24(2)68-39)74-41-20-34(67-10)49(27(5)71-41)77-50-45(62)44(61)43(60)35(22-55)73-50/h11,24-27,29-50,55,57-64H,12-22H2,1-10H3/t24-,25-,26-,27-,29+,30+,31+,32+,33+,34-,35-,36-,37-,38-,39+,40+,41+,42+,43-,44+,45-,46-,47-,48-,49-,50+,51+,52+,53+,54-/m1/s1. The summed E-state index contributed by atoms with van der Waals surface area (Å²) in [6, 6.07) is 0. The molecule has 0 radical (unpaired) electrons. The van der Waals surface area contributed by atoms with Crippen molar-refractivity contribution >= 4 is 5.78 Å². The smallest absolute Gasteiger partial charge is 0.187 e. The maximum atomic E-state index is 12.8. The van der Waals surface area contributed by atoms with E-state index in [1.807, 2.05) is 19.9 Å². The maximum Gasteiger partial charge on any atom is 0.187 e. The third kappa shape index (κ3) is 10.6. The van der Waals surface area contributed by atoms with E-state index in [9.17, 15) is 50.8 Å². The van der Waals surface area contributed by atoms with Crippen molar-refractivity contribution in [2.45, 2.75) is 271 Å². The van der Waals surface area contributed by atoms with Crippen LogP contribution in [0, 0.1) is 22.7 Å². The minimum Gasteiger partial charge on any atom is -0.394 e. The maximum absolute atomic E-state index is 12.8. The molecular formula is C54H88O23. The van der Waals surface area contributed by atoms with Gasteiger partial charge in [-0.15, -0.1) is 0 Å². The van der Waals surface area contributed by atoms with Gasteiger partial charge >= 0.3 is 0 Å². The average Bonchev–Trinajstić information content (AvgIpc) is 3.94. The van der Waals surface area contributed by atoms with Crippen molar-refractivity contribution in [3.05, 3.63) is 11.6 Å². The minimum absolute atomic E-state index is 0.0233. The van der Waals surface area contributed by atoms with Crippen LogP contribution < -0.4 is 0 Å². The molecule has 0 aromatic rings. The Bertz CT molecular complexity index is 2040. The van der Waals surface area contributed by atoms with Crippen LogP contribution in [0.3, 0.4) is 0 Å². The van der Waals surface area contributed by atoms with Crippen molar-refractivity contribution < 1.29 is 112 Å². The lowest BCUT2D eigenvalue weighted by Gasteiger charge is -2.66. The zero-order chi connectivity index (χ0) is 55.8. The molecule has 9 N–H and O–H groups in total. The Balaban J connectivity index is 0.751. The van der Waals surface area contributed by atoms with Crippen LogP contribution in [-0.2, 0) is 66.4 Å². The molecule has 23 nitrogen and oxygen atoms in total. The Hall–Kier alpha value is -1.47. The Labute approximate surface area is 450 Å². The molecule has 9 rings (SSSR count). The van der Waals surface area contributed by atoms with Crippen LogP contribution in [-0.4, -0.2) is 238 Å². The van der Waals surface area contributed by atoms with Crippen LogP contribution in [0.15, 0.2) is 11.6 Å². The molecule has 3 saturated carbocycles. The van der Waals surface area contributed by atoms with E-state index in [0.29, 0.717) is 32.1 Å². The first-order chi connectivity index (χ1) is 36.4. The van der Waals surface area contributed by atoms with Crippen molar-refractivity contribution in [3.8, 4) is 0 Å². The first-order valence-corrected chi connectivity index (χ1v) is 27.8. The van der Waals surface area contributed by atoms with Gasteiger partial charge in [0.15, 0.2) is 31.5 Å². The number of aliphatic hydroxyl groups is 9. The fourth-order valence-corrected chi connectivity index (χ4v) is 15.3. The molecule has 0 bridgehead atoms. The topological polar surface area (TPSA) is 319 Å². The summed E-state index contributed by atoms with van der Waals surface area (Å²) < 4.78 is 80.7. The number of Topliss-reactive ketones (excluding diaryl/α,β-unsaturated/α-hetero) is 1. The summed E-state index contributed by atoms with van der Waals surface area (Å²) >= 11 is 0. The quantitative estimate of drug-likeness (QED) is 0.0975. The molecule has 0 aromatic carbocycles. The molecule has 0 spiro atoms. The highest BCUT2D eigenvalue weighted by molar-refractivity contribution is 5.80. The van der Waals surface area contributed by atoms with Crippen LogP contribution in [0.25, 0.3) is 0 Å². The van der Waals surface area contributed by atoms with Crippen molar-refractivity contribution in [1.82, 2.24) is 0 Å². The monoisotopic (exact) mass is 1100 g/mol. The largest absolute Gasteiger partial charge is 0.394 e. The van der Waals surface area contributed by atoms with Crippen LogP contribution in [0.5, 0.6) is 0 Å². The number of hydrogen-bond donors (Lipinski definition) is 9. The van der Waals surface area contributed by atoms with Crippen molar-refractivity contribution in [2.75, 3.05) is 27.9 Å². The van der Waals surface area contributed by atoms with Gasteiger partial charge in [0.05, 0.1) is 73.8 Å². The minimum atomic E-state index is -2.09. The summed E-state index contributed by atoms with van der Waals surface area (Å²) in [4.78, 5) is 12.8. The van der Waals surface area contributed by atoms with Crippen molar-refractivity contribution in [3.63, 3.8) is 0 Å². The summed E-state index contributed by atoms with van der Waals surface area (Å²) in [6.07, 6.45) is -15.8. The second kappa shape index (κ2) is 23.3. The van der Waals surface area contributed by atoms with Gasteiger partial charge in [-0.3, -0.25) is 4.79 Å². The van der Waals surface area contributed by atoms with E-state index in [1.165, 1.54) is 14.0 Å². The van der Waals surface area contributed by atoms with Gasteiger partial charge in [-0.25, -0.2) is 0 Å². The zero-order valence-electron chi connectivity index (χ0n) is 46.1. The second-order valence-corrected chi connectivity index (χ2v) is 24.1. The number of ketones is 1. The summed E-state index contributed by atoms with van der Waals surface area (Å²) in [5.41, 5.74) is -4.80. The lowest BCUT2D eigenvalue weighted by atomic mass is 9.42. The van der Waals surface area contributed by atoms with Gasteiger partial charge in [0.2, 0.25) is 0 Å². The number of rotatable bonds is 15. The number of hydrogen-bond acceptors (Lipinski definition) is 23. The van der Waals surface area contributed by atoms with Gasteiger partial charge in [-0.1, -0.05) is 25.5 Å². The highest BCUT2D eigenvalue weighted by Crippen LogP contribution is 2.69. The Morgan fingerprint density at radius 1 is 0.623 bits per heavy atom. The molecule has 23 heteroatoms. The van der Waals surface area contributed by atoms with Crippen LogP contribution >= 0.6 is 0 Å². The SMILES string of the molecule is CO[C@H]1C[C@H](O[C@H]2CC[C@@]3(C)C(=CC[C@]4(O)[C@@H]3C[C@@H](O)[C@]3(C)[C@H](C(C)=O)C[C@@H](O)[C@@]34O)C2)O[C@H](C)[C@H]1O[C@H]1C[C@H](OC)[C@H](O[C@H]2C[C@H](O)[C@H](O[C@H]3C[C@@H](OC)[C@H](O[C@@H]4O[C@H](CO)[C@@H](O)[C@H](O)[C@H]4O)[C@@H](C)O3)[C@@H](C)O2)[C@@H](C)O1. The third-order valence-electron chi connectivity index (χ3n) is 19.8. The Kier molecular flexibility index (Phi) is 18.2. The van der Waals surface area contributed by atoms with Gasteiger partial charge in [0.1, 0.15) is 65.8 Å². The van der Waals surface area contributed by atoms with E-state index in [2.05, 4.69) is 6.92 Å². The van der Waals surface area contributed by atoms with Gasteiger partial charge in [0, 0.05) is 64.3 Å². The highest BCUT2D eigenvalue weighted by Gasteiger charge is 2.79. The van der Waals surface area contributed by atoms with Crippen LogP contribution in [0.1, 0.15) is 113 Å². The number of aliphatic hydroxyl groups excluding tert-OH is 7. The van der Waals surface area contributed by atoms with Crippen molar-refractivity contribution in [1.29, 1.82) is 0 Å². The summed E-state index contributed by atoms with van der Waals surface area (Å²) in [6.45, 7) is 11.7. The normalized spacial score (nSPS) is 54.2. The number of fused-ring (bicyclic) bond motifs is 5. The molecule has 0 unspecified atom stereocenters. The molecule has 9 aliphatic rings. The summed E-state index contributed by atoms with van der Waals surface area (Å²) in [5, 5.41) is 100. The summed E-state index contributed by atoms with van der Waals surface area (Å²) in [5.74, 6) is -1.59. The van der Waals surface area contributed by atoms with Gasteiger partial charge in [-0.2, -0.15) is 0 Å². The van der Waals surface area contributed by atoms with E-state index >= 15 is 0 Å².